The molecule has 0 aliphatic heterocycles. The van der Waals surface area contributed by atoms with Crippen molar-refractivity contribution in [3.05, 3.63) is 176 Å². The Morgan fingerprint density at radius 3 is 1.33 bits per heavy atom. The van der Waals surface area contributed by atoms with E-state index in [4.69, 9.17) is 15.0 Å². The maximum Gasteiger partial charge on any atom is 0.116 e. The van der Waals surface area contributed by atoms with E-state index in [0.29, 0.717) is 5.56 Å². The SMILES string of the molecule is N#Cc1ccc(-c2ccc(-c3ccc(-c4nc(-c5ccccc5)c(-c5ccccc5)nc4-c4ccccn4)cc3)c3ccccc23)cc1. The van der Waals surface area contributed by atoms with Crippen LogP contribution in [0.1, 0.15) is 5.56 Å². The van der Waals surface area contributed by atoms with Crippen LogP contribution in [0.15, 0.2) is 170 Å². The van der Waals surface area contributed by atoms with Crippen molar-refractivity contribution in [1.82, 2.24) is 15.0 Å². The second-order valence-corrected chi connectivity index (χ2v) is 11.5. The molecular formula is C44H28N4. The molecule has 0 bridgehead atoms. The van der Waals surface area contributed by atoms with Gasteiger partial charge in [0.2, 0.25) is 0 Å². The highest BCUT2D eigenvalue weighted by Crippen LogP contribution is 2.39. The minimum atomic E-state index is 0.654. The molecule has 0 saturated carbocycles. The molecule has 0 unspecified atom stereocenters. The van der Waals surface area contributed by atoms with Crippen molar-refractivity contribution in [2.75, 3.05) is 0 Å². The van der Waals surface area contributed by atoms with E-state index in [-0.39, 0.29) is 0 Å². The minimum Gasteiger partial charge on any atom is -0.255 e. The number of nitriles is 1. The molecule has 48 heavy (non-hydrogen) atoms. The van der Waals surface area contributed by atoms with Gasteiger partial charge in [-0.1, -0.05) is 140 Å². The third-order valence-corrected chi connectivity index (χ3v) is 8.62. The van der Waals surface area contributed by atoms with E-state index in [1.54, 1.807) is 6.20 Å². The molecule has 8 rings (SSSR count). The number of hydrogen-bond donors (Lipinski definition) is 0. The number of rotatable bonds is 6. The topological polar surface area (TPSA) is 62.5 Å². The monoisotopic (exact) mass is 612 g/mol. The first kappa shape index (κ1) is 28.8. The summed E-state index contributed by atoms with van der Waals surface area (Å²) in [6, 6.07) is 57.8. The Bertz CT molecular complexity index is 2410. The van der Waals surface area contributed by atoms with Gasteiger partial charge >= 0.3 is 0 Å². The smallest absolute Gasteiger partial charge is 0.116 e. The normalized spacial score (nSPS) is 10.9. The predicted octanol–water partition coefficient (Wildman–Crippen LogP) is 10.9. The number of pyridine rings is 1. The van der Waals surface area contributed by atoms with Gasteiger partial charge in [0.25, 0.3) is 0 Å². The summed E-state index contributed by atoms with van der Waals surface area (Å²) in [4.78, 5) is 15.3. The zero-order chi connectivity index (χ0) is 32.3. The molecule has 2 aromatic heterocycles. The second-order valence-electron chi connectivity index (χ2n) is 11.5. The van der Waals surface area contributed by atoms with Crippen molar-refractivity contribution < 1.29 is 0 Å². The van der Waals surface area contributed by atoms with Crippen molar-refractivity contribution in [2.24, 2.45) is 0 Å². The van der Waals surface area contributed by atoms with Crippen LogP contribution in [-0.4, -0.2) is 15.0 Å². The molecule has 8 aromatic rings. The summed E-state index contributed by atoms with van der Waals surface area (Å²) in [5.74, 6) is 0. The Hall–Kier alpha value is -6.70. The van der Waals surface area contributed by atoms with Crippen LogP contribution < -0.4 is 0 Å². The van der Waals surface area contributed by atoms with Gasteiger partial charge in [0.1, 0.15) is 5.69 Å². The highest BCUT2D eigenvalue weighted by Gasteiger charge is 2.20. The van der Waals surface area contributed by atoms with E-state index in [9.17, 15) is 5.26 Å². The Morgan fingerprint density at radius 2 is 0.812 bits per heavy atom. The highest BCUT2D eigenvalue weighted by molar-refractivity contribution is 6.05. The molecule has 0 fully saturated rings. The van der Waals surface area contributed by atoms with Gasteiger partial charge in [-0.05, 0) is 57.3 Å². The Balaban J connectivity index is 1.27. The maximum absolute atomic E-state index is 9.26. The van der Waals surface area contributed by atoms with E-state index in [1.807, 2.05) is 78.9 Å². The summed E-state index contributed by atoms with van der Waals surface area (Å²) in [5.41, 5.74) is 12.0. The highest BCUT2D eigenvalue weighted by atomic mass is 14.9. The largest absolute Gasteiger partial charge is 0.255 e. The van der Waals surface area contributed by atoms with E-state index in [1.165, 1.54) is 5.39 Å². The van der Waals surface area contributed by atoms with Crippen LogP contribution in [0.3, 0.4) is 0 Å². The number of fused-ring (bicyclic) bond motifs is 1. The molecule has 0 radical (unpaired) electrons. The van der Waals surface area contributed by atoms with Crippen molar-refractivity contribution >= 4 is 10.8 Å². The molecule has 0 spiro atoms. The number of nitrogens with zero attached hydrogens (tertiary/aromatic N) is 4. The van der Waals surface area contributed by atoms with Crippen molar-refractivity contribution in [1.29, 1.82) is 5.26 Å². The summed E-state index contributed by atoms with van der Waals surface area (Å²) in [7, 11) is 0. The van der Waals surface area contributed by atoms with Crippen LogP contribution in [0.5, 0.6) is 0 Å². The average molecular weight is 613 g/mol. The third-order valence-electron chi connectivity index (χ3n) is 8.62. The first-order chi connectivity index (χ1) is 23.8. The van der Waals surface area contributed by atoms with Gasteiger partial charge in [-0.15, -0.1) is 0 Å². The van der Waals surface area contributed by atoms with Crippen molar-refractivity contribution in [3.63, 3.8) is 0 Å². The van der Waals surface area contributed by atoms with Gasteiger partial charge in [-0.25, -0.2) is 9.97 Å². The summed E-state index contributed by atoms with van der Waals surface area (Å²) < 4.78 is 0. The quantitative estimate of drug-likeness (QED) is 0.187. The molecule has 0 N–H and O–H groups in total. The van der Waals surface area contributed by atoms with Gasteiger partial charge in [0.15, 0.2) is 0 Å². The van der Waals surface area contributed by atoms with Crippen molar-refractivity contribution in [2.45, 2.75) is 0 Å². The fourth-order valence-electron chi connectivity index (χ4n) is 6.25. The summed E-state index contributed by atoms with van der Waals surface area (Å²) >= 11 is 0. The van der Waals surface area contributed by atoms with Crippen LogP contribution in [-0.2, 0) is 0 Å². The lowest BCUT2D eigenvalue weighted by Crippen LogP contribution is -2.01. The number of benzene rings is 6. The fraction of sp³-hybridized carbons (Fsp3) is 0. The number of aromatic nitrogens is 3. The van der Waals surface area contributed by atoms with Gasteiger partial charge in [0, 0.05) is 22.9 Å². The summed E-state index contributed by atoms with van der Waals surface area (Å²) in [6.07, 6.45) is 1.80. The van der Waals surface area contributed by atoms with Crippen LogP contribution in [0.4, 0.5) is 0 Å². The molecule has 0 saturated heterocycles. The third kappa shape index (κ3) is 5.40. The van der Waals surface area contributed by atoms with Crippen LogP contribution in [0.25, 0.3) is 78.2 Å². The predicted molar refractivity (Wildman–Crippen MR) is 195 cm³/mol. The zero-order valence-corrected chi connectivity index (χ0v) is 26.0. The second kappa shape index (κ2) is 12.6. The fourth-order valence-corrected chi connectivity index (χ4v) is 6.25. The Labute approximate surface area is 279 Å². The van der Waals surface area contributed by atoms with Gasteiger partial charge in [0.05, 0.1) is 34.4 Å². The molecule has 4 heteroatoms. The first-order valence-electron chi connectivity index (χ1n) is 15.8. The molecule has 0 amide bonds. The Morgan fingerprint density at radius 1 is 0.375 bits per heavy atom. The average Bonchev–Trinajstić information content (AvgIpc) is 3.18. The minimum absolute atomic E-state index is 0.654. The molecule has 0 atom stereocenters. The lowest BCUT2D eigenvalue weighted by atomic mass is 9.91. The standard InChI is InChI=1S/C44H28N4/c45-29-30-18-20-31(21-19-30)36-26-27-37(39-16-8-7-15-38(36)39)32-22-24-35(25-23-32)43-44(40-17-9-10-28-46-40)48-42(34-13-5-2-6-14-34)41(47-43)33-11-3-1-4-12-33/h1-28H. The van der Waals surface area contributed by atoms with E-state index in [0.717, 1.165) is 72.8 Å². The van der Waals surface area contributed by atoms with Crippen molar-refractivity contribution in [3.8, 4) is 73.5 Å². The first-order valence-corrected chi connectivity index (χ1v) is 15.8. The van der Waals surface area contributed by atoms with E-state index < -0.39 is 0 Å². The van der Waals surface area contributed by atoms with Crippen LogP contribution in [0.2, 0.25) is 0 Å². The Kier molecular flexibility index (Phi) is 7.54. The molecule has 4 nitrogen and oxygen atoms in total. The molecule has 224 valence electrons. The van der Waals surface area contributed by atoms with Gasteiger partial charge in [-0.2, -0.15) is 5.26 Å². The zero-order valence-electron chi connectivity index (χ0n) is 26.0. The maximum atomic E-state index is 9.26. The summed E-state index contributed by atoms with van der Waals surface area (Å²) in [6.45, 7) is 0. The molecule has 0 aliphatic carbocycles. The van der Waals surface area contributed by atoms with E-state index in [2.05, 4.69) is 91.0 Å². The van der Waals surface area contributed by atoms with Gasteiger partial charge in [-0.3, -0.25) is 4.98 Å². The van der Waals surface area contributed by atoms with Crippen LogP contribution in [0, 0.1) is 11.3 Å². The van der Waals surface area contributed by atoms with Crippen LogP contribution >= 0.6 is 0 Å². The molecule has 0 aliphatic rings. The lowest BCUT2D eigenvalue weighted by Gasteiger charge is -2.16. The summed E-state index contributed by atoms with van der Waals surface area (Å²) in [5, 5.41) is 11.6. The number of hydrogen-bond acceptors (Lipinski definition) is 4. The molecule has 6 aromatic carbocycles. The van der Waals surface area contributed by atoms with E-state index >= 15 is 0 Å². The van der Waals surface area contributed by atoms with Gasteiger partial charge < -0.3 is 0 Å². The molecular weight excluding hydrogens is 585 g/mol. The lowest BCUT2D eigenvalue weighted by molar-refractivity contribution is 1.19. The molecule has 2 heterocycles.